The highest BCUT2D eigenvalue weighted by atomic mass is 35.5. The van der Waals surface area contributed by atoms with Crippen LogP contribution < -0.4 is 4.74 Å². The topological polar surface area (TPSA) is 9.23 Å². The van der Waals surface area contributed by atoms with Crippen LogP contribution in [0.5, 0.6) is 5.75 Å². The zero-order valence-electron chi connectivity index (χ0n) is 7.25. The van der Waals surface area contributed by atoms with Crippen molar-refractivity contribution in [2.75, 3.05) is 7.11 Å². The lowest BCUT2D eigenvalue weighted by Gasteiger charge is -2.05. The Morgan fingerprint density at radius 3 is 2.62 bits per heavy atom. The zero-order valence-corrected chi connectivity index (χ0v) is 8.01. The van der Waals surface area contributed by atoms with E-state index in [1.807, 2.05) is 36.4 Å². The van der Waals surface area contributed by atoms with E-state index < -0.39 is 0 Å². The number of rotatable bonds is 1. The van der Waals surface area contributed by atoms with Crippen molar-refractivity contribution in [1.82, 2.24) is 0 Å². The zero-order chi connectivity index (χ0) is 9.26. The molecule has 0 spiro atoms. The molecule has 1 nitrogen and oxygen atoms in total. The Morgan fingerprint density at radius 1 is 1.08 bits per heavy atom. The molecule has 0 N–H and O–H groups in total. The summed E-state index contributed by atoms with van der Waals surface area (Å²) in [6.45, 7) is 0. The average Bonchev–Trinajstić information content (AvgIpc) is 2.19. The normalized spacial score (nSPS) is 10.3. The third-order valence-electron chi connectivity index (χ3n) is 2.05. The standard InChI is InChI=1S/C11H9ClO/c1-13-10-7-6-8-4-2-3-5-9(8)11(10)12/h2-7H,1H3. The molecule has 2 aromatic rings. The molecule has 0 aliphatic heterocycles. The fraction of sp³-hybridized carbons (Fsp3) is 0.0909. The second kappa shape index (κ2) is 3.27. The summed E-state index contributed by atoms with van der Waals surface area (Å²) in [6.07, 6.45) is 0. The first kappa shape index (κ1) is 8.39. The number of fused-ring (bicyclic) bond motifs is 1. The number of hydrogen-bond donors (Lipinski definition) is 0. The van der Waals surface area contributed by atoms with Gasteiger partial charge in [0.25, 0.3) is 0 Å². The smallest absolute Gasteiger partial charge is 0.138 e. The molecule has 66 valence electrons. The van der Waals surface area contributed by atoms with Crippen LogP contribution in [0.3, 0.4) is 0 Å². The van der Waals surface area contributed by atoms with Gasteiger partial charge in [-0.2, -0.15) is 0 Å². The molecule has 0 unspecified atom stereocenters. The Bertz CT molecular complexity index is 437. The molecule has 0 saturated heterocycles. The number of halogens is 1. The van der Waals surface area contributed by atoms with Gasteiger partial charge in [-0.25, -0.2) is 0 Å². The molecule has 0 radical (unpaired) electrons. The maximum absolute atomic E-state index is 6.12. The van der Waals surface area contributed by atoms with Gasteiger partial charge in [0.15, 0.2) is 0 Å². The summed E-state index contributed by atoms with van der Waals surface area (Å²) in [7, 11) is 1.62. The van der Waals surface area contributed by atoms with E-state index in [9.17, 15) is 0 Å². The van der Waals surface area contributed by atoms with Crippen LogP contribution in [0.15, 0.2) is 36.4 Å². The second-order valence-electron chi connectivity index (χ2n) is 2.80. The van der Waals surface area contributed by atoms with E-state index in [1.165, 1.54) is 0 Å². The Labute approximate surface area is 81.9 Å². The quantitative estimate of drug-likeness (QED) is 0.672. The number of hydrogen-bond acceptors (Lipinski definition) is 1. The number of benzene rings is 2. The van der Waals surface area contributed by atoms with Crippen molar-refractivity contribution in [1.29, 1.82) is 0 Å². The van der Waals surface area contributed by atoms with E-state index in [0.717, 1.165) is 16.5 Å². The monoisotopic (exact) mass is 192 g/mol. The van der Waals surface area contributed by atoms with E-state index in [0.29, 0.717) is 5.02 Å². The highest BCUT2D eigenvalue weighted by Gasteiger charge is 2.03. The molecular formula is C11H9ClO. The summed E-state index contributed by atoms with van der Waals surface area (Å²) < 4.78 is 5.12. The minimum atomic E-state index is 0.681. The molecule has 0 fully saturated rings. The van der Waals surface area contributed by atoms with E-state index in [-0.39, 0.29) is 0 Å². The summed E-state index contributed by atoms with van der Waals surface area (Å²) in [4.78, 5) is 0. The summed E-state index contributed by atoms with van der Waals surface area (Å²) >= 11 is 6.12. The van der Waals surface area contributed by atoms with Gasteiger partial charge in [0.2, 0.25) is 0 Å². The van der Waals surface area contributed by atoms with Crippen molar-refractivity contribution in [2.24, 2.45) is 0 Å². The van der Waals surface area contributed by atoms with Crippen LogP contribution in [0.1, 0.15) is 0 Å². The summed E-state index contributed by atoms with van der Waals surface area (Å²) in [5, 5.41) is 2.84. The average molecular weight is 193 g/mol. The largest absolute Gasteiger partial charge is 0.495 e. The fourth-order valence-electron chi connectivity index (χ4n) is 1.37. The molecule has 0 aliphatic carbocycles. The molecule has 0 heterocycles. The van der Waals surface area contributed by atoms with Crippen molar-refractivity contribution in [3.05, 3.63) is 41.4 Å². The minimum absolute atomic E-state index is 0.681. The first-order valence-electron chi connectivity index (χ1n) is 4.04. The molecule has 0 saturated carbocycles. The third-order valence-corrected chi connectivity index (χ3v) is 2.44. The lowest BCUT2D eigenvalue weighted by atomic mass is 10.1. The fourth-order valence-corrected chi connectivity index (χ4v) is 1.68. The highest BCUT2D eigenvalue weighted by Crippen LogP contribution is 2.31. The van der Waals surface area contributed by atoms with Crippen molar-refractivity contribution >= 4 is 22.4 Å². The Kier molecular flexibility index (Phi) is 2.11. The highest BCUT2D eigenvalue weighted by molar-refractivity contribution is 6.37. The molecule has 2 heteroatoms. The molecule has 13 heavy (non-hydrogen) atoms. The number of ether oxygens (including phenoxy) is 1. The molecule has 0 atom stereocenters. The van der Waals surface area contributed by atoms with Gasteiger partial charge in [0.1, 0.15) is 5.75 Å². The lowest BCUT2D eigenvalue weighted by Crippen LogP contribution is -1.84. The van der Waals surface area contributed by atoms with Gasteiger partial charge in [-0.15, -0.1) is 0 Å². The second-order valence-corrected chi connectivity index (χ2v) is 3.18. The predicted octanol–water partition coefficient (Wildman–Crippen LogP) is 3.50. The summed E-state index contributed by atoms with van der Waals surface area (Å²) in [6, 6.07) is 11.9. The third kappa shape index (κ3) is 1.36. The van der Waals surface area contributed by atoms with Crippen molar-refractivity contribution in [3.8, 4) is 5.75 Å². The van der Waals surface area contributed by atoms with Crippen LogP contribution in [-0.2, 0) is 0 Å². The molecule has 2 aromatic carbocycles. The SMILES string of the molecule is COc1ccc2ccccc2c1Cl. The Hall–Kier alpha value is -1.21. The van der Waals surface area contributed by atoms with Gasteiger partial charge >= 0.3 is 0 Å². The van der Waals surface area contributed by atoms with Gasteiger partial charge < -0.3 is 4.74 Å². The molecule has 0 bridgehead atoms. The van der Waals surface area contributed by atoms with Gasteiger partial charge in [-0.1, -0.05) is 41.9 Å². The minimum Gasteiger partial charge on any atom is -0.495 e. The summed E-state index contributed by atoms with van der Waals surface area (Å²) in [5.74, 6) is 0.723. The van der Waals surface area contributed by atoms with Gasteiger partial charge in [0.05, 0.1) is 12.1 Å². The van der Waals surface area contributed by atoms with Crippen LogP contribution in [0.4, 0.5) is 0 Å². The van der Waals surface area contributed by atoms with Gasteiger partial charge in [-0.3, -0.25) is 0 Å². The van der Waals surface area contributed by atoms with Crippen LogP contribution in [-0.4, -0.2) is 7.11 Å². The Balaban J connectivity index is 2.79. The van der Waals surface area contributed by atoms with Crippen molar-refractivity contribution in [3.63, 3.8) is 0 Å². The van der Waals surface area contributed by atoms with Crippen LogP contribution in [0, 0.1) is 0 Å². The predicted molar refractivity (Wildman–Crippen MR) is 55.5 cm³/mol. The van der Waals surface area contributed by atoms with Crippen LogP contribution in [0.25, 0.3) is 10.8 Å². The molecular weight excluding hydrogens is 184 g/mol. The van der Waals surface area contributed by atoms with Crippen molar-refractivity contribution in [2.45, 2.75) is 0 Å². The Morgan fingerprint density at radius 2 is 1.85 bits per heavy atom. The molecule has 0 aliphatic rings. The van der Waals surface area contributed by atoms with Gasteiger partial charge in [-0.05, 0) is 11.5 Å². The van der Waals surface area contributed by atoms with Crippen molar-refractivity contribution < 1.29 is 4.74 Å². The van der Waals surface area contributed by atoms with Crippen LogP contribution >= 0.6 is 11.6 Å². The van der Waals surface area contributed by atoms with E-state index in [4.69, 9.17) is 16.3 Å². The first-order valence-corrected chi connectivity index (χ1v) is 4.42. The molecule has 2 rings (SSSR count). The maximum Gasteiger partial charge on any atom is 0.138 e. The van der Waals surface area contributed by atoms with Gasteiger partial charge in [0, 0.05) is 5.39 Å². The lowest BCUT2D eigenvalue weighted by molar-refractivity contribution is 0.415. The van der Waals surface area contributed by atoms with Crippen LogP contribution in [0.2, 0.25) is 5.02 Å². The molecule has 0 amide bonds. The first-order chi connectivity index (χ1) is 6.33. The summed E-state index contributed by atoms with van der Waals surface area (Å²) in [5.41, 5.74) is 0. The van der Waals surface area contributed by atoms with E-state index in [1.54, 1.807) is 7.11 Å². The molecule has 0 aromatic heterocycles. The number of methoxy groups -OCH3 is 1. The maximum atomic E-state index is 6.12. The van der Waals surface area contributed by atoms with E-state index in [2.05, 4.69) is 0 Å². The van der Waals surface area contributed by atoms with E-state index >= 15 is 0 Å².